The van der Waals surface area contributed by atoms with Crippen LogP contribution < -0.4 is 0 Å². The highest BCUT2D eigenvalue weighted by molar-refractivity contribution is 5.70. The fourth-order valence-corrected chi connectivity index (χ4v) is 8.20. The summed E-state index contributed by atoms with van der Waals surface area (Å²) >= 11 is 0. The molecule has 0 spiro atoms. The number of ether oxygens (including phenoxy) is 2. The average Bonchev–Trinajstić information content (AvgIpc) is 3.36. The maximum Gasteiger partial charge on any atom is 0.306 e. The molecule has 0 saturated carbocycles. The Morgan fingerprint density at radius 3 is 0.929 bits per heavy atom. The second-order valence-corrected chi connectivity index (χ2v) is 19.3. The number of allylic oxidation sites excluding steroid dienone is 18. The van der Waals surface area contributed by atoms with Crippen molar-refractivity contribution < 1.29 is 24.2 Å². The summed E-state index contributed by atoms with van der Waals surface area (Å²) in [6, 6.07) is 0. The summed E-state index contributed by atoms with van der Waals surface area (Å²) in [6.45, 7) is 4.04. The first-order chi connectivity index (χ1) is 34.6. The predicted molar refractivity (Wildman–Crippen MR) is 306 cm³/mol. The molecule has 0 aromatic carbocycles. The monoisotopic (exact) mass is 971 g/mol. The highest BCUT2D eigenvalue weighted by atomic mass is 16.6. The van der Waals surface area contributed by atoms with E-state index < -0.39 is 6.10 Å². The van der Waals surface area contributed by atoms with Crippen molar-refractivity contribution in [2.75, 3.05) is 13.2 Å². The largest absolute Gasteiger partial charge is 0.462 e. The van der Waals surface area contributed by atoms with Crippen molar-refractivity contribution in [2.24, 2.45) is 0 Å². The number of rotatable bonds is 53. The SMILES string of the molecule is CC/C=C\C/C=C\C/C=C\C/C=C\C/C=C\C/C=C\C/C=C\C/C=C\C/C=C\CCCCCCCCCCCCCC(=O)OC(CO)COC(=O)CCCCCCCCCCCCCCCCCCC. The molecule has 400 valence electrons. The number of hydrogen-bond acceptors (Lipinski definition) is 5. The predicted octanol–water partition coefficient (Wildman–Crippen LogP) is 20.1. The number of esters is 2. The van der Waals surface area contributed by atoms with E-state index in [1.807, 2.05) is 0 Å². The van der Waals surface area contributed by atoms with Crippen molar-refractivity contribution in [1.29, 1.82) is 0 Å². The zero-order valence-electron chi connectivity index (χ0n) is 45.7. The van der Waals surface area contributed by atoms with Gasteiger partial charge in [0.2, 0.25) is 0 Å². The van der Waals surface area contributed by atoms with Gasteiger partial charge in [-0.3, -0.25) is 9.59 Å². The lowest BCUT2D eigenvalue weighted by molar-refractivity contribution is -0.161. The van der Waals surface area contributed by atoms with Crippen LogP contribution in [0.15, 0.2) is 109 Å². The summed E-state index contributed by atoms with van der Waals surface area (Å²) in [5.41, 5.74) is 0. The van der Waals surface area contributed by atoms with Gasteiger partial charge in [0.1, 0.15) is 6.61 Å². The van der Waals surface area contributed by atoms with Gasteiger partial charge in [-0.05, 0) is 83.5 Å². The van der Waals surface area contributed by atoms with Crippen LogP contribution in [0, 0.1) is 0 Å². The third kappa shape index (κ3) is 57.1. The molecule has 1 atom stereocenters. The van der Waals surface area contributed by atoms with Gasteiger partial charge in [0, 0.05) is 12.8 Å². The lowest BCUT2D eigenvalue weighted by atomic mass is 10.0. The summed E-state index contributed by atoms with van der Waals surface area (Å²) in [7, 11) is 0. The first-order valence-corrected chi connectivity index (χ1v) is 29.4. The molecule has 0 aliphatic heterocycles. The van der Waals surface area contributed by atoms with Gasteiger partial charge in [0.15, 0.2) is 6.10 Å². The van der Waals surface area contributed by atoms with Gasteiger partial charge in [-0.2, -0.15) is 0 Å². The van der Waals surface area contributed by atoms with Crippen molar-refractivity contribution in [3.63, 3.8) is 0 Å². The van der Waals surface area contributed by atoms with E-state index in [-0.39, 0.29) is 25.2 Å². The molecule has 70 heavy (non-hydrogen) atoms. The molecule has 0 aromatic heterocycles. The van der Waals surface area contributed by atoms with E-state index in [1.165, 1.54) is 148 Å². The summed E-state index contributed by atoms with van der Waals surface area (Å²) in [5, 5.41) is 9.65. The van der Waals surface area contributed by atoms with Gasteiger partial charge >= 0.3 is 11.9 Å². The molecular weight excluding hydrogens is 861 g/mol. The van der Waals surface area contributed by atoms with Gasteiger partial charge in [-0.25, -0.2) is 0 Å². The van der Waals surface area contributed by atoms with Crippen LogP contribution in [0.5, 0.6) is 0 Å². The van der Waals surface area contributed by atoms with Crippen LogP contribution in [0.25, 0.3) is 0 Å². The topological polar surface area (TPSA) is 72.8 Å². The Hall–Kier alpha value is -3.44. The van der Waals surface area contributed by atoms with E-state index in [9.17, 15) is 14.7 Å². The second kappa shape index (κ2) is 59.9. The zero-order valence-corrected chi connectivity index (χ0v) is 45.7. The molecule has 1 N–H and O–H groups in total. The van der Waals surface area contributed by atoms with E-state index in [4.69, 9.17) is 9.47 Å². The minimum atomic E-state index is -0.777. The molecule has 0 fully saturated rings. The third-order valence-electron chi connectivity index (χ3n) is 12.6. The number of aliphatic hydroxyl groups is 1. The van der Waals surface area contributed by atoms with Crippen molar-refractivity contribution >= 4 is 11.9 Å². The number of carbonyl (C=O) groups excluding carboxylic acids is 2. The quantitative estimate of drug-likeness (QED) is 0.0373. The van der Waals surface area contributed by atoms with E-state index >= 15 is 0 Å². The van der Waals surface area contributed by atoms with Crippen LogP contribution in [0.2, 0.25) is 0 Å². The number of aliphatic hydroxyl groups excluding tert-OH is 1. The number of carbonyl (C=O) groups is 2. The molecule has 0 aliphatic rings. The van der Waals surface area contributed by atoms with Crippen LogP contribution in [-0.2, 0) is 19.1 Å². The number of unbranched alkanes of at least 4 members (excludes halogenated alkanes) is 27. The molecule has 5 nitrogen and oxygen atoms in total. The molecule has 0 radical (unpaired) electrons. The summed E-state index contributed by atoms with van der Waals surface area (Å²) in [6.07, 6.45) is 86.4. The Bertz CT molecular complexity index is 1380. The maximum absolute atomic E-state index is 12.3. The average molecular weight is 972 g/mol. The fourth-order valence-electron chi connectivity index (χ4n) is 8.20. The molecule has 0 aromatic rings. The smallest absolute Gasteiger partial charge is 0.306 e. The Kier molecular flexibility index (Phi) is 56.9. The highest BCUT2D eigenvalue weighted by Gasteiger charge is 2.16. The Morgan fingerprint density at radius 2 is 0.614 bits per heavy atom. The van der Waals surface area contributed by atoms with Crippen LogP contribution >= 0.6 is 0 Å². The van der Waals surface area contributed by atoms with E-state index in [1.54, 1.807) is 0 Å². The Labute approximate surface area is 433 Å². The van der Waals surface area contributed by atoms with Crippen molar-refractivity contribution in [1.82, 2.24) is 0 Å². The molecule has 1 unspecified atom stereocenters. The van der Waals surface area contributed by atoms with Gasteiger partial charge < -0.3 is 14.6 Å². The summed E-state index contributed by atoms with van der Waals surface area (Å²) in [4.78, 5) is 24.5. The molecule has 0 rings (SSSR count). The van der Waals surface area contributed by atoms with Crippen molar-refractivity contribution in [3.8, 4) is 0 Å². The van der Waals surface area contributed by atoms with Gasteiger partial charge in [0.05, 0.1) is 6.61 Å². The first-order valence-electron chi connectivity index (χ1n) is 29.4. The Balaban J connectivity index is 3.54. The normalized spacial score (nSPS) is 13.0. The van der Waals surface area contributed by atoms with E-state index in [0.717, 1.165) is 96.3 Å². The standard InChI is InChI=1S/C65H110O5/c1-3-5-7-9-11-13-15-17-19-21-22-23-24-25-26-27-28-29-30-31-32-33-34-35-36-37-38-39-40-41-42-44-46-48-50-52-54-56-58-60-65(68)70-63(61-66)62-69-64(67)59-57-55-53-51-49-47-45-43-20-18-16-14-12-10-8-6-4-2/h5,7,11,13,17,19,22-23,25-26,28-29,31-32,34-35,37-38,63,66H,3-4,6,8-10,12,14-16,18,20-21,24,27,30,33,36,39-62H2,1-2H3/b7-5-,13-11-,19-17-,23-22-,26-25-,29-28-,32-31-,35-34-,38-37-. The molecule has 0 bridgehead atoms. The molecule has 0 heterocycles. The molecule has 0 aliphatic carbocycles. The fraction of sp³-hybridized carbons (Fsp3) is 0.692. The van der Waals surface area contributed by atoms with Gasteiger partial charge in [-0.1, -0.05) is 284 Å². The van der Waals surface area contributed by atoms with Gasteiger partial charge in [0.25, 0.3) is 0 Å². The maximum atomic E-state index is 12.3. The second-order valence-electron chi connectivity index (χ2n) is 19.3. The summed E-state index contributed by atoms with van der Waals surface area (Å²) < 4.78 is 10.7. The Morgan fingerprint density at radius 1 is 0.343 bits per heavy atom. The molecule has 5 heteroatoms. The highest BCUT2D eigenvalue weighted by Crippen LogP contribution is 2.16. The van der Waals surface area contributed by atoms with E-state index in [0.29, 0.717) is 12.8 Å². The van der Waals surface area contributed by atoms with Gasteiger partial charge in [-0.15, -0.1) is 0 Å². The third-order valence-corrected chi connectivity index (χ3v) is 12.6. The molecule has 0 saturated heterocycles. The molecular formula is C65H110O5. The minimum Gasteiger partial charge on any atom is -0.462 e. The molecule has 0 amide bonds. The van der Waals surface area contributed by atoms with Crippen molar-refractivity contribution in [2.45, 2.75) is 277 Å². The van der Waals surface area contributed by atoms with E-state index in [2.05, 4.69) is 123 Å². The number of hydrogen-bond donors (Lipinski definition) is 1. The first kappa shape index (κ1) is 66.6. The van der Waals surface area contributed by atoms with Crippen LogP contribution in [0.4, 0.5) is 0 Å². The van der Waals surface area contributed by atoms with Crippen LogP contribution in [0.3, 0.4) is 0 Å². The van der Waals surface area contributed by atoms with Crippen LogP contribution in [0.1, 0.15) is 271 Å². The summed E-state index contributed by atoms with van der Waals surface area (Å²) in [5.74, 6) is -0.589. The van der Waals surface area contributed by atoms with Crippen LogP contribution in [-0.4, -0.2) is 36.4 Å². The van der Waals surface area contributed by atoms with Crippen molar-refractivity contribution in [3.05, 3.63) is 109 Å². The zero-order chi connectivity index (χ0) is 50.6. The minimum absolute atomic E-state index is 0.0678. The lowest BCUT2D eigenvalue weighted by Crippen LogP contribution is -2.28. The lowest BCUT2D eigenvalue weighted by Gasteiger charge is -2.15.